The van der Waals surface area contributed by atoms with Crippen LogP contribution in [0.2, 0.25) is 5.02 Å². The van der Waals surface area contributed by atoms with E-state index in [9.17, 15) is 14.0 Å². The van der Waals surface area contributed by atoms with E-state index in [1.165, 1.54) is 12.1 Å². The molecule has 0 saturated carbocycles. The van der Waals surface area contributed by atoms with Gasteiger partial charge in [-0.15, -0.1) is 0 Å². The van der Waals surface area contributed by atoms with Gasteiger partial charge in [0.15, 0.2) is 0 Å². The summed E-state index contributed by atoms with van der Waals surface area (Å²) < 4.78 is 13.7. The van der Waals surface area contributed by atoms with E-state index in [0.29, 0.717) is 0 Å². The second-order valence-corrected chi connectivity index (χ2v) is 5.82. The molecule has 0 spiro atoms. The quantitative estimate of drug-likeness (QED) is 0.743. The molecule has 22 heavy (non-hydrogen) atoms. The van der Waals surface area contributed by atoms with Crippen LogP contribution in [-0.4, -0.2) is 24.4 Å². The highest BCUT2D eigenvalue weighted by Gasteiger charge is 2.19. The first-order valence-corrected chi connectivity index (χ1v) is 7.38. The van der Waals surface area contributed by atoms with Gasteiger partial charge in [-0.05, 0) is 25.0 Å². The second-order valence-electron chi connectivity index (χ2n) is 5.41. The number of rotatable bonds is 6. The third-order valence-corrected chi connectivity index (χ3v) is 3.58. The molecule has 0 aliphatic heterocycles. The summed E-state index contributed by atoms with van der Waals surface area (Å²) in [5.41, 5.74) is 5.88. The number of carbonyl (C=O) groups excluding carboxylic acids is 2. The lowest BCUT2D eigenvalue weighted by molar-refractivity contribution is -0.127. The van der Waals surface area contributed by atoms with E-state index in [1.54, 1.807) is 13.0 Å². The molecular formula is C15H21ClFN3O2. The Hall–Kier alpha value is -1.66. The Labute approximate surface area is 134 Å². The van der Waals surface area contributed by atoms with E-state index in [0.717, 1.165) is 0 Å². The normalized spacial score (nSPS) is 13.6. The Morgan fingerprint density at radius 2 is 1.95 bits per heavy atom. The topological polar surface area (TPSA) is 84.2 Å². The summed E-state index contributed by atoms with van der Waals surface area (Å²) in [6.45, 7) is 5.01. The fourth-order valence-corrected chi connectivity index (χ4v) is 2.20. The molecular weight excluding hydrogens is 309 g/mol. The van der Waals surface area contributed by atoms with E-state index in [4.69, 9.17) is 17.3 Å². The van der Waals surface area contributed by atoms with Gasteiger partial charge in [0.1, 0.15) is 5.82 Å². The maximum atomic E-state index is 13.7. The third kappa shape index (κ3) is 4.96. The molecule has 0 fully saturated rings. The predicted octanol–water partition coefficient (Wildman–Crippen LogP) is 1.76. The monoisotopic (exact) mass is 329 g/mol. The van der Waals surface area contributed by atoms with Gasteiger partial charge in [-0.2, -0.15) is 0 Å². The molecule has 0 heterocycles. The van der Waals surface area contributed by atoms with Gasteiger partial charge < -0.3 is 16.4 Å². The number of hydrogen-bond acceptors (Lipinski definition) is 3. The summed E-state index contributed by atoms with van der Waals surface area (Å²) in [6, 6.07) is 3.02. The van der Waals surface area contributed by atoms with Crippen molar-refractivity contribution in [2.45, 2.75) is 32.9 Å². The fraction of sp³-hybridized carbons (Fsp3) is 0.467. The number of amides is 2. The number of carbonyl (C=O) groups is 2. The number of halogens is 2. The van der Waals surface area contributed by atoms with Crippen LogP contribution in [0.1, 0.15) is 32.4 Å². The van der Waals surface area contributed by atoms with Crippen LogP contribution >= 0.6 is 11.6 Å². The van der Waals surface area contributed by atoms with Crippen LogP contribution in [0.25, 0.3) is 0 Å². The molecule has 4 N–H and O–H groups in total. The maximum absolute atomic E-state index is 13.7. The SMILES string of the molecule is CC(NC(=O)CNC(=O)[C@@H](N)C(C)C)c1c(F)cccc1Cl. The standard InChI is InChI=1S/C15H21ClFN3O2/c1-8(2)14(18)15(22)19-7-12(21)20-9(3)13-10(16)5-4-6-11(13)17/h4-6,8-9,14H,7,18H2,1-3H3,(H,19,22)(H,20,21)/t9?,14-/m0/s1. The van der Waals surface area contributed by atoms with Gasteiger partial charge in [0.05, 0.1) is 18.6 Å². The lowest BCUT2D eigenvalue weighted by Crippen LogP contribution is -2.47. The molecule has 1 aromatic carbocycles. The Bertz CT molecular complexity index is 531. The molecule has 2 atom stereocenters. The fourth-order valence-electron chi connectivity index (χ4n) is 1.88. The van der Waals surface area contributed by atoms with Crippen molar-refractivity contribution in [2.24, 2.45) is 11.7 Å². The highest BCUT2D eigenvalue weighted by molar-refractivity contribution is 6.31. The van der Waals surface area contributed by atoms with E-state index >= 15 is 0 Å². The smallest absolute Gasteiger partial charge is 0.239 e. The number of nitrogens with two attached hydrogens (primary N) is 1. The minimum absolute atomic E-state index is 0.0285. The molecule has 7 heteroatoms. The lowest BCUT2D eigenvalue weighted by Gasteiger charge is -2.18. The maximum Gasteiger partial charge on any atom is 0.239 e. The van der Waals surface area contributed by atoms with Gasteiger partial charge in [-0.1, -0.05) is 31.5 Å². The molecule has 5 nitrogen and oxygen atoms in total. The first-order chi connectivity index (χ1) is 10.2. The van der Waals surface area contributed by atoms with Gasteiger partial charge in [0.2, 0.25) is 11.8 Å². The van der Waals surface area contributed by atoms with Crippen LogP contribution < -0.4 is 16.4 Å². The molecule has 2 amide bonds. The zero-order valence-electron chi connectivity index (χ0n) is 12.8. The Balaban J connectivity index is 2.57. The summed E-state index contributed by atoms with van der Waals surface area (Å²) >= 11 is 5.93. The van der Waals surface area contributed by atoms with Crippen LogP contribution in [0.3, 0.4) is 0 Å². The van der Waals surface area contributed by atoms with Gasteiger partial charge in [0.25, 0.3) is 0 Å². The van der Waals surface area contributed by atoms with E-state index < -0.39 is 29.7 Å². The van der Waals surface area contributed by atoms with Crippen LogP contribution in [0.15, 0.2) is 18.2 Å². The van der Waals surface area contributed by atoms with Crippen LogP contribution in [-0.2, 0) is 9.59 Å². The zero-order valence-corrected chi connectivity index (χ0v) is 13.6. The van der Waals surface area contributed by atoms with Crippen molar-refractivity contribution in [3.05, 3.63) is 34.6 Å². The van der Waals surface area contributed by atoms with Crippen LogP contribution in [0.5, 0.6) is 0 Å². The zero-order chi connectivity index (χ0) is 16.9. The van der Waals surface area contributed by atoms with Crippen molar-refractivity contribution in [2.75, 3.05) is 6.54 Å². The predicted molar refractivity (Wildman–Crippen MR) is 83.8 cm³/mol. The van der Waals surface area contributed by atoms with Gasteiger partial charge >= 0.3 is 0 Å². The molecule has 1 rings (SSSR count). The summed E-state index contributed by atoms with van der Waals surface area (Å²) in [7, 11) is 0. The average Bonchev–Trinajstić information content (AvgIpc) is 2.43. The van der Waals surface area contributed by atoms with E-state index in [1.807, 2.05) is 13.8 Å². The number of benzene rings is 1. The summed E-state index contributed by atoms with van der Waals surface area (Å²) in [4.78, 5) is 23.5. The van der Waals surface area contributed by atoms with Crippen molar-refractivity contribution < 1.29 is 14.0 Å². The van der Waals surface area contributed by atoms with Crippen molar-refractivity contribution in [1.82, 2.24) is 10.6 Å². The molecule has 0 aliphatic carbocycles. The van der Waals surface area contributed by atoms with Crippen molar-refractivity contribution in [3.8, 4) is 0 Å². The largest absolute Gasteiger partial charge is 0.348 e. The molecule has 0 saturated heterocycles. The van der Waals surface area contributed by atoms with Crippen molar-refractivity contribution >= 4 is 23.4 Å². The Morgan fingerprint density at radius 1 is 1.32 bits per heavy atom. The third-order valence-electron chi connectivity index (χ3n) is 3.25. The van der Waals surface area contributed by atoms with Gasteiger partial charge in [-0.25, -0.2) is 4.39 Å². The van der Waals surface area contributed by atoms with Crippen LogP contribution in [0, 0.1) is 11.7 Å². The lowest BCUT2D eigenvalue weighted by atomic mass is 10.1. The van der Waals surface area contributed by atoms with E-state index in [-0.39, 0.29) is 23.0 Å². The Kier molecular flexibility index (Phi) is 6.77. The summed E-state index contributed by atoms with van der Waals surface area (Å²) in [6.07, 6.45) is 0. The highest BCUT2D eigenvalue weighted by Crippen LogP contribution is 2.25. The summed E-state index contributed by atoms with van der Waals surface area (Å²) in [5.74, 6) is -1.37. The first kappa shape index (κ1) is 18.4. The first-order valence-electron chi connectivity index (χ1n) is 7.00. The number of hydrogen-bond donors (Lipinski definition) is 3. The van der Waals surface area contributed by atoms with Crippen molar-refractivity contribution in [3.63, 3.8) is 0 Å². The molecule has 0 bridgehead atoms. The molecule has 122 valence electrons. The van der Waals surface area contributed by atoms with Gasteiger partial charge in [-0.3, -0.25) is 9.59 Å². The van der Waals surface area contributed by atoms with Crippen LogP contribution in [0.4, 0.5) is 4.39 Å². The second kappa shape index (κ2) is 8.10. The minimum Gasteiger partial charge on any atom is -0.348 e. The van der Waals surface area contributed by atoms with Crippen molar-refractivity contribution in [1.29, 1.82) is 0 Å². The number of nitrogens with one attached hydrogen (secondary N) is 2. The average molecular weight is 330 g/mol. The van der Waals surface area contributed by atoms with Gasteiger partial charge in [0, 0.05) is 10.6 Å². The molecule has 0 aliphatic rings. The molecule has 0 radical (unpaired) electrons. The highest BCUT2D eigenvalue weighted by atomic mass is 35.5. The minimum atomic E-state index is -0.675. The molecule has 0 aromatic heterocycles. The Morgan fingerprint density at radius 3 is 2.50 bits per heavy atom. The summed E-state index contributed by atoms with van der Waals surface area (Å²) in [5, 5.41) is 5.26. The van der Waals surface area contributed by atoms with E-state index in [2.05, 4.69) is 10.6 Å². The molecule has 1 unspecified atom stereocenters. The molecule has 1 aromatic rings.